The highest BCUT2D eigenvalue weighted by Gasteiger charge is 2.28. The highest BCUT2D eigenvalue weighted by molar-refractivity contribution is 6.15. The summed E-state index contributed by atoms with van der Waals surface area (Å²) in [6, 6.07) is 12.8. The number of fused-ring (bicyclic) bond motifs is 2. The van der Waals surface area contributed by atoms with Crippen LogP contribution in [0.25, 0.3) is 17.0 Å². The predicted molar refractivity (Wildman–Crippen MR) is 107 cm³/mol. The second-order valence-corrected chi connectivity index (χ2v) is 6.75. The van der Waals surface area contributed by atoms with Gasteiger partial charge in [0.05, 0.1) is 5.56 Å². The number of ether oxygens (including phenoxy) is 2. The Morgan fingerprint density at radius 2 is 2.00 bits per heavy atom. The van der Waals surface area contributed by atoms with Gasteiger partial charge in [0.1, 0.15) is 11.5 Å². The average molecular weight is 376 g/mol. The molecule has 0 bridgehead atoms. The summed E-state index contributed by atoms with van der Waals surface area (Å²) in [7, 11) is 3.20. The predicted octanol–water partition coefficient (Wildman–Crippen LogP) is 4.34. The Bertz CT molecular complexity index is 1120. The Kier molecular flexibility index (Phi) is 4.39. The molecule has 4 rings (SSSR count). The molecular formula is C22H20N2O4. The number of amides is 1. The number of allylic oxidation sites excluding steroid dienone is 1. The van der Waals surface area contributed by atoms with Gasteiger partial charge < -0.3 is 18.9 Å². The van der Waals surface area contributed by atoms with Gasteiger partial charge in [0, 0.05) is 49.4 Å². The maximum atomic E-state index is 12.7. The van der Waals surface area contributed by atoms with E-state index in [4.69, 9.17) is 9.47 Å². The van der Waals surface area contributed by atoms with Gasteiger partial charge in [-0.3, -0.25) is 4.79 Å². The molecule has 0 radical (unpaired) electrons. The molecule has 3 aromatic rings. The van der Waals surface area contributed by atoms with Crippen LogP contribution in [0, 0.1) is 0 Å². The molecule has 0 atom stereocenters. The molecule has 0 unspecified atom stereocenters. The first kappa shape index (κ1) is 17.9. The Labute approximate surface area is 162 Å². The smallest absolute Gasteiger partial charge is 0.414 e. The van der Waals surface area contributed by atoms with Crippen LogP contribution in [0.3, 0.4) is 0 Å². The minimum atomic E-state index is -0.493. The summed E-state index contributed by atoms with van der Waals surface area (Å²) in [6.07, 6.45) is 3.29. The van der Waals surface area contributed by atoms with Crippen molar-refractivity contribution in [2.24, 2.45) is 0 Å². The van der Waals surface area contributed by atoms with Gasteiger partial charge in [-0.2, -0.15) is 0 Å². The van der Waals surface area contributed by atoms with Gasteiger partial charge in [-0.1, -0.05) is 18.2 Å². The number of benzene rings is 2. The van der Waals surface area contributed by atoms with Crippen molar-refractivity contribution < 1.29 is 19.1 Å². The van der Waals surface area contributed by atoms with Crippen LogP contribution < -0.4 is 9.47 Å². The van der Waals surface area contributed by atoms with Gasteiger partial charge >= 0.3 is 6.09 Å². The Balaban J connectivity index is 1.67. The maximum absolute atomic E-state index is 12.7. The summed E-state index contributed by atoms with van der Waals surface area (Å²) in [5.74, 6) is 0.785. The van der Waals surface area contributed by atoms with Gasteiger partial charge in [-0.25, -0.2) is 4.79 Å². The van der Waals surface area contributed by atoms with E-state index in [1.807, 2.05) is 24.4 Å². The number of hydrogen-bond donors (Lipinski definition) is 0. The molecule has 1 aliphatic rings. The lowest BCUT2D eigenvalue weighted by Crippen LogP contribution is -2.25. The largest absolute Gasteiger partial charge is 0.452 e. The second kappa shape index (κ2) is 6.88. The molecule has 1 aliphatic heterocycles. The minimum absolute atomic E-state index is 0.186. The summed E-state index contributed by atoms with van der Waals surface area (Å²) in [6.45, 7) is 2.91. The third-order valence-electron chi connectivity index (χ3n) is 4.66. The number of ketones is 1. The fraction of sp³-hybridized carbons (Fsp3) is 0.182. The lowest BCUT2D eigenvalue weighted by atomic mass is 10.1. The fourth-order valence-corrected chi connectivity index (χ4v) is 3.22. The molecule has 6 heteroatoms. The highest BCUT2D eigenvalue weighted by Crippen LogP contribution is 2.36. The van der Waals surface area contributed by atoms with Crippen molar-refractivity contribution in [1.82, 2.24) is 9.47 Å². The van der Waals surface area contributed by atoms with E-state index < -0.39 is 6.09 Å². The van der Waals surface area contributed by atoms with Crippen molar-refractivity contribution in [3.8, 4) is 11.5 Å². The summed E-state index contributed by atoms with van der Waals surface area (Å²) in [5.41, 5.74) is 2.49. The Morgan fingerprint density at radius 1 is 1.21 bits per heavy atom. The summed E-state index contributed by atoms with van der Waals surface area (Å²) in [5, 5.41) is 1.06. The molecule has 0 spiro atoms. The summed E-state index contributed by atoms with van der Waals surface area (Å²) in [4.78, 5) is 25.8. The first-order valence-electron chi connectivity index (χ1n) is 9.03. The lowest BCUT2D eigenvalue weighted by molar-refractivity contribution is 0.101. The molecule has 28 heavy (non-hydrogen) atoms. The monoisotopic (exact) mass is 376 g/mol. The van der Waals surface area contributed by atoms with Crippen molar-refractivity contribution >= 4 is 28.9 Å². The van der Waals surface area contributed by atoms with E-state index in [1.54, 1.807) is 38.4 Å². The van der Waals surface area contributed by atoms with Crippen molar-refractivity contribution in [2.45, 2.75) is 13.5 Å². The van der Waals surface area contributed by atoms with Gasteiger partial charge in [-0.05, 0) is 31.2 Å². The molecule has 142 valence electrons. The van der Waals surface area contributed by atoms with Crippen molar-refractivity contribution in [2.75, 3.05) is 14.1 Å². The normalized spacial score (nSPS) is 14.2. The van der Waals surface area contributed by atoms with E-state index in [0.29, 0.717) is 17.1 Å². The number of rotatable bonds is 3. The number of carbonyl (C=O) groups is 2. The fourth-order valence-electron chi connectivity index (χ4n) is 3.22. The van der Waals surface area contributed by atoms with Crippen LogP contribution in [-0.2, 0) is 6.54 Å². The van der Waals surface area contributed by atoms with Crippen molar-refractivity contribution in [1.29, 1.82) is 0 Å². The number of Topliss-reactive ketones (excluding diaryl/α,β-unsaturated/α-hetero) is 1. The highest BCUT2D eigenvalue weighted by atomic mass is 16.6. The molecule has 1 amide bonds. The molecule has 0 aliphatic carbocycles. The van der Waals surface area contributed by atoms with E-state index in [-0.39, 0.29) is 11.5 Å². The van der Waals surface area contributed by atoms with Gasteiger partial charge in [-0.15, -0.1) is 0 Å². The van der Waals surface area contributed by atoms with Crippen LogP contribution in [0.1, 0.15) is 22.8 Å². The average Bonchev–Trinajstić information content (AvgIpc) is 3.19. The number of para-hydroxylation sites is 1. The third-order valence-corrected chi connectivity index (χ3v) is 4.66. The molecule has 6 nitrogen and oxygen atoms in total. The lowest BCUT2D eigenvalue weighted by Gasteiger charge is -2.10. The van der Waals surface area contributed by atoms with E-state index >= 15 is 0 Å². The van der Waals surface area contributed by atoms with Gasteiger partial charge in [0.15, 0.2) is 5.76 Å². The summed E-state index contributed by atoms with van der Waals surface area (Å²) < 4.78 is 13.2. The molecule has 0 fully saturated rings. The van der Waals surface area contributed by atoms with Crippen LogP contribution >= 0.6 is 0 Å². The minimum Gasteiger partial charge on any atom is -0.452 e. The zero-order valence-electron chi connectivity index (χ0n) is 15.9. The number of aryl methyl sites for hydroxylation is 1. The molecule has 0 N–H and O–H groups in total. The molecule has 0 saturated heterocycles. The third kappa shape index (κ3) is 3.03. The van der Waals surface area contributed by atoms with Gasteiger partial charge in [0.25, 0.3) is 0 Å². The molecule has 2 aromatic carbocycles. The molecule has 2 heterocycles. The van der Waals surface area contributed by atoms with Crippen LogP contribution in [0.5, 0.6) is 11.5 Å². The van der Waals surface area contributed by atoms with Crippen molar-refractivity contribution in [3.05, 3.63) is 65.5 Å². The summed E-state index contributed by atoms with van der Waals surface area (Å²) >= 11 is 0. The van der Waals surface area contributed by atoms with E-state index in [9.17, 15) is 9.59 Å². The van der Waals surface area contributed by atoms with E-state index in [0.717, 1.165) is 23.0 Å². The SMILES string of the molecule is CCn1cc(/C=C2/Oc3cc(OC(=O)N(C)C)ccc3C2=O)c2ccccc21. The van der Waals surface area contributed by atoms with Crippen LogP contribution in [0.15, 0.2) is 54.4 Å². The zero-order valence-corrected chi connectivity index (χ0v) is 15.9. The van der Waals surface area contributed by atoms with E-state index in [1.165, 1.54) is 4.90 Å². The zero-order chi connectivity index (χ0) is 19.8. The first-order valence-corrected chi connectivity index (χ1v) is 9.03. The first-order chi connectivity index (χ1) is 13.5. The van der Waals surface area contributed by atoms with E-state index in [2.05, 4.69) is 17.6 Å². The van der Waals surface area contributed by atoms with Crippen LogP contribution in [0.2, 0.25) is 0 Å². The molecular weight excluding hydrogens is 356 g/mol. The van der Waals surface area contributed by atoms with Crippen LogP contribution in [-0.4, -0.2) is 35.4 Å². The second-order valence-electron chi connectivity index (χ2n) is 6.75. The number of nitrogens with zero attached hydrogens (tertiary/aromatic N) is 2. The molecule has 0 saturated carbocycles. The number of hydrogen-bond acceptors (Lipinski definition) is 4. The Morgan fingerprint density at radius 3 is 2.75 bits per heavy atom. The Hall–Kier alpha value is -3.54. The van der Waals surface area contributed by atoms with Gasteiger partial charge in [0.2, 0.25) is 5.78 Å². The van der Waals surface area contributed by atoms with Crippen molar-refractivity contribution in [3.63, 3.8) is 0 Å². The molecule has 1 aromatic heterocycles. The topological polar surface area (TPSA) is 60.8 Å². The number of carbonyl (C=O) groups excluding carboxylic acids is 2. The standard InChI is InChI=1S/C22H20N2O4/c1-4-24-13-14(16-7-5-6-8-18(16)24)11-20-21(25)17-10-9-15(12-19(17)28-20)27-22(26)23(2)3/h5-13H,4H2,1-3H3/b20-11+. The van der Waals surface area contributed by atoms with Crippen LogP contribution in [0.4, 0.5) is 4.79 Å². The maximum Gasteiger partial charge on any atom is 0.414 e. The quantitative estimate of drug-likeness (QED) is 0.638. The number of aromatic nitrogens is 1.